The first-order chi connectivity index (χ1) is 16.5. The number of carbonyl (C=O) groups is 3. The number of amides is 2. The largest absolute Gasteiger partial charge is 0.449 e. The van der Waals surface area contributed by atoms with Crippen molar-refractivity contribution in [3.8, 4) is 0 Å². The predicted octanol–water partition coefficient (Wildman–Crippen LogP) is 2.68. The predicted molar refractivity (Wildman–Crippen MR) is 133 cm³/mol. The number of benzene rings is 2. The van der Waals surface area contributed by atoms with Gasteiger partial charge in [0.2, 0.25) is 15.9 Å². The second-order valence-corrected chi connectivity index (χ2v) is 10.6. The Labute approximate surface area is 205 Å². The molecule has 2 aromatic rings. The molecule has 1 aliphatic rings. The average Bonchev–Trinajstić information content (AvgIpc) is 3.34. The number of esters is 1. The lowest BCUT2D eigenvalue weighted by Gasteiger charge is -2.23. The molecular weight excluding hydrogens is 472 g/mol. The Kier molecular flexibility index (Phi) is 8.13. The summed E-state index contributed by atoms with van der Waals surface area (Å²) in [5, 5.41) is 5.29. The first-order valence-electron chi connectivity index (χ1n) is 11.2. The SMILES string of the molecule is CC(=O)Nc1ccc(NC(=O)[C@H](C)OC(=O)c2cc(S(=O)(=O)N(C)C)ccc2N2CCCC2)cc1. The lowest BCUT2D eigenvalue weighted by Crippen LogP contribution is -2.31. The molecule has 1 heterocycles. The molecule has 1 aliphatic heterocycles. The number of hydrogen-bond donors (Lipinski definition) is 2. The van der Waals surface area contributed by atoms with Crippen LogP contribution in [0.15, 0.2) is 47.4 Å². The molecule has 11 heteroatoms. The van der Waals surface area contributed by atoms with Gasteiger partial charge in [-0.3, -0.25) is 9.59 Å². The molecule has 35 heavy (non-hydrogen) atoms. The minimum absolute atomic E-state index is 0.0336. The van der Waals surface area contributed by atoms with Crippen molar-refractivity contribution in [2.75, 3.05) is 42.7 Å². The van der Waals surface area contributed by atoms with E-state index in [0.29, 0.717) is 17.1 Å². The van der Waals surface area contributed by atoms with Gasteiger partial charge in [0.25, 0.3) is 5.91 Å². The average molecular weight is 503 g/mol. The fourth-order valence-corrected chi connectivity index (χ4v) is 4.57. The van der Waals surface area contributed by atoms with Crippen LogP contribution in [0.5, 0.6) is 0 Å². The number of sulfonamides is 1. The Morgan fingerprint density at radius 2 is 1.54 bits per heavy atom. The summed E-state index contributed by atoms with van der Waals surface area (Å²) in [6, 6.07) is 10.9. The van der Waals surface area contributed by atoms with Gasteiger partial charge in [0.15, 0.2) is 6.10 Å². The van der Waals surface area contributed by atoms with Crippen LogP contribution in [-0.4, -0.2) is 63.8 Å². The van der Waals surface area contributed by atoms with E-state index in [9.17, 15) is 22.8 Å². The smallest absolute Gasteiger partial charge is 0.341 e. The van der Waals surface area contributed by atoms with Crippen molar-refractivity contribution in [3.05, 3.63) is 48.0 Å². The van der Waals surface area contributed by atoms with E-state index in [1.54, 1.807) is 30.3 Å². The van der Waals surface area contributed by atoms with E-state index in [-0.39, 0.29) is 16.4 Å². The molecule has 0 saturated carbocycles. The van der Waals surface area contributed by atoms with Crippen LogP contribution in [0.4, 0.5) is 17.1 Å². The molecule has 0 aromatic heterocycles. The normalized spacial score (nSPS) is 14.5. The maximum absolute atomic E-state index is 13.1. The van der Waals surface area contributed by atoms with E-state index in [1.807, 2.05) is 4.90 Å². The standard InChI is InChI=1S/C24H30N4O6S/c1-16(23(30)26-19-9-7-18(8-10-19)25-17(2)29)34-24(31)21-15-20(35(32,33)27(3)4)11-12-22(21)28-13-5-6-14-28/h7-12,15-16H,5-6,13-14H2,1-4H3,(H,25,29)(H,26,30)/t16-/m0/s1. The highest BCUT2D eigenvalue weighted by molar-refractivity contribution is 7.89. The Hall–Kier alpha value is -3.44. The highest BCUT2D eigenvalue weighted by atomic mass is 32.2. The molecule has 188 valence electrons. The number of anilines is 3. The molecule has 3 rings (SSSR count). The van der Waals surface area contributed by atoms with Crippen LogP contribution >= 0.6 is 0 Å². The lowest BCUT2D eigenvalue weighted by molar-refractivity contribution is -0.123. The van der Waals surface area contributed by atoms with Gasteiger partial charge in [-0.05, 0) is 62.2 Å². The number of carbonyl (C=O) groups excluding carboxylic acids is 3. The number of rotatable bonds is 8. The van der Waals surface area contributed by atoms with Gasteiger partial charge in [0.1, 0.15) is 0 Å². The molecule has 2 amide bonds. The maximum atomic E-state index is 13.1. The summed E-state index contributed by atoms with van der Waals surface area (Å²) in [6.45, 7) is 4.32. The van der Waals surface area contributed by atoms with E-state index < -0.39 is 28.0 Å². The fraction of sp³-hybridized carbons (Fsp3) is 0.375. The molecule has 1 saturated heterocycles. The molecule has 2 N–H and O–H groups in total. The second kappa shape index (κ2) is 10.9. The topological polar surface area (TPSA) is 125 Å². The summed E-state index contributed by atoms with van der Waals surface area (Å²) < 4.78 is 31.8. The summed E-state index contributed by atoms with van der Waals surface area (Å²) >= 11 is 0. The molecule has 0 radical (unpaired) electrons. The number of nitrogens with zero attached hydrogens (tertiary/aromatic N) is 2. The molecule has 0 aliphatic carbocycles. The van der Waals surface area contributed by atoms with Crippen LogP contribution < -0.4 is 15.5 Å². The van der Waals surface area contributed by atoms with Crippen LogP contribution in [0, 0.1) is 0 Å². The number of hydrogen-bond acceptors (Lipinski definition) is 7. The molecule has 2 aromatic carbocycles. The quantitative estimate of drug-likeness (QED) is 0.532. The summed E-state index contributed by atoms with van der Waals surface area (Å²) in [7, 11) is -0.941. The molecule has 1 fully saturated rings. The van der Waals surface area contributed by atoms with E-state index in [4.69, 9.17) is 4.74 Å². The summed E-state index contributed by atoms with van der Waals surface area (Å²) in [5.74, 6) is -1.55. The third-order valence-corrected chi connectivity index (χ3v) is 7.35. The summed E-state index contributed by atoms with van der Waals surface area (Å²) in [6.07, 6.45) is 0.787. The Balaban J connectivity index is 1.78. The van der Waals surface area contributed by atoms with Gasteiger partial charge in [-0.25, -0.2) is 17.5 Å². The number of ether oxygens (including phenoxy) is 1. The van der Waals surface area contributed by atoms with Crippen LogP contribution in [0.2, 0.25) is 0 Å². The monoisotopic (exact) mass is 502 g/mol. The summed E-state index contributed by atoms with van der Waals surface area (Å²) in [4.78, 5) is 38.8. The van der Waals surface area contributed by atoms with Crippen molar-refractivity contribution >= 4 is 44.9 Å². The Morgan fingerprint density at radius 3 is 2.09 bits per heavy atom. The van der Waals surface area contributed by atoms with Crippen molar-refractivity contribution in [2.45, 2.75) is 37.7 Å². The third kappa shape index (κ3) is 6.37. The van der Waals surface area contributed by atoms with Crippen molar-refractivity contribution in [2.24, 2.45) is 0 Å². The first-order valence-corrected chi connectivity index (χ1v) is 12.6. The zero-order chi connectivity index (χ0) is 25.8. The van der Waals surface area contributed by atoms with Crippen molar-refractivity contribution < 1.29 is 27.5 Å². The van der Waals surface area contributed by atoms with E-state index in [1.165, 1.54) is 40.1 Å². The van der Waals surface area contributed by atoms with Gasteiger partial charge in [0, 0.05) is 45.5 Å². The van der Waals surface area contributed by atoms with E-state index in [2.05, 4.69) is 10.6 Å². The maximum Gasteiger partial charge on any atom is 0.341 e. The summed E-state index contributed by atoms with van der Waals surface area (Å²) in [5.41, 5.74) is 1.71. The highest BCUT2D eigenvalue weighted by Gasteiger charge is 2.27. The van der Waals surface area contributed by atoms with Gasteiger partial charge in [-0.1, -0.05) is 0 Å². The van der Waals surface area contributed by atoms with Gasteiger partial charge in [-0.15, -0.1) is 0 Å². The molecular formula is C24H30N4O6S. The zero-order valence-electron chi connectivity index (χ0n) is 20.2. The molecule has 1 atom stereocenters. The highest BCUT2D eigenvalue weighted by Crippen LogP contribution is 2.29. The molecule has 0 bridgehead atoms. The first kappa shape index (κ1) is 26.2. The minimum atomic E-state index is -3.77. The molecule has 0 unspecified atom stereocenters. The Morgan fingerprint density at radius 1 is 0.971 bits per heavy atom. The van der Waals surface area contributed by atoms with Gasteiger partial charge in [-0.2, -0.15) is 0 Å². The van der Waals surface area contributed by atoms with Crippen LogP contribution in [0.1, 0.15) is 37.0 Å². The van der Waals surface area contributed by atoms with Gasteiger partial charge < -0.3 is 20.3 Å². The van der Waals surface area contributed by atoms with Crippen LogP contribution in [-0.2, 0) is 24.3 Å². The van der Waals surface area contributed by atoms with E-state index in [0.717, 1.165) is 30.2 Å². The van der Waals surface area contributed by atoms with E-state index >= 15 is 0 Å². The molecule has 0 spiro atoms. The third-order valence-electron chi connectivity index (χ3n) is 5.54. The number of nitrogens with one attached hydrogen (secondary N) is 2. The zero-order valence-corrected chi connectivity index (χ0v) is 21.0. The van der Waals surface area contributed by atoms with Crippen molar-refractivity contribution in [1.29, 1.82) is 0 Å². The van der Waals surface area contributed by atoms with Crippen molar-refractivity contribution in [3.63, 3.8) is 0 Å². The lowest BCUT2D eigenvalue weighted by atomic mass is 10.1. The Bertz CT molecular complexity index is 1210. The fourth-order valence-electron chi connectivity index (χ4n) is 3.65. The van der Waals surface area contributed by atoms with Gasteiger partial charge in [0.05, 0.1) is 16.1 Å². The molecule has 10 nitrogen and oxygen atoms in total. The van der Waals surface area contributed by atoms with Crippen molar-refractivity contribution in [1.82, 2.24) is 4.31 Å². The van der Waals surface area contributed by atoms with Crippen LogP contribution in [0.25, 0.3) is 0 Å². The van der Waals surface area contributed by atoms with Crippen LogP contribution in [0.3, 0.4) is 0 Å². The van der Waals surface area contributed by atoms with Gasteiger partial charge >= 0.3 is 5.97 Å². The minimum Gasteiger partial charge on any atom is -0.449 e. The second-order valence-electron chi connectivity index (χ2n) is 8.46.